The molecular weight excluding hydrogens is 200 g/mol. The van der Waals surface area contributed by atoms with Gasteiger partial charge in [0.15, 0.2) is 0 Å². The van der Waals surface area contributed by atoms with Crippen molar-refractivity contribution in [3.8, 4) is 0 Å². The van der Waals surface area contributed by atoms with E-state index >= 15 is 0 Å². The third kappa shape index (κ3) is 9.50. The molecule has 0 atom stereocenters. The second-order valence-electron chi connectivity index (χ2n) is 4.36. The minimum atomic E-state index is -0.760. The van der Waals surface area contributed by atoms with Gasteiger partial charge >= 0.3 is 5.97 Å². The molecule has 1 N–H and O–H groups in total. The van der Waals surface area contributed by atoms with Gasteiger partial charge in [-0.3, -0.25) is 4.79 Å². The molecule has 0 amide bonds. The molecule has 92 valence electrons. The first-order chi connectivity index (χ1) is 7.56. The second kappa shape index (κ2) is 9.20. The van der Waals surface area contributed by atoms with Crippen molar-refractivity contribution < 1.29 is 9.90 Å². The molecule has 0 aliphatic heterocycles. The number of hydrogen-bond donors (Lipinski definition) is 1. The van der Waals surface area contributed by atoms with Crippen LogP contribution in [0.5, 0.6) is 0 Å². The number of carboxylic acids is 1. The molecule has 0 aliphatic carbocycles. The van der Waals surface area contributed by atoms with Crippen LogP contribution in [0.1, 0.15) is 59.3 Å². The highest BCUT2D eigenvalue weighted by atomic mass is 16.4. The molecule has 0 aliphatic rings. The lowest BCUT2D eigenvalue weighted by Gasteiger charge is -1.99. The Morgan fingerprint density at radius 1 is 1.19 bits per heavy atom. The summed E-state index contributed by atoms with van der Waals surface area (Å²) in [5, 5.41) is 8.61. The lowest BCUT2D eigenvalue weighted by atomic mass is 10.1. The van der Waals surface area contributed by atoms with Crippen LogP contribution >= 0.6 is 0 Å². The predicted molar refractivity (Wildman–Crippen MR) is 68.5 cm³/mol. The Kier molecular flexibility index (Phi) is 8.59. The highest BCUT2D eigenvalue weighted by molar-refractivity contribution is 5.70. The Hall–Kier alpha value is -1.05. The first-order valence-corrected chi connectivity index (χ1v) is 6.12. The molecule has 0 saturated carbocycles. The average Bonchev–Trinajstić information content (AvgIpc) is 2.15. The molecule has 0 heterocycles. The molecule has 0 saturated heterocycles. The van der Waals surface area contributed by atoms with Crippen molar-refractivity contribution in [1.82, 2.24) is 0 Å². The molecule has 0 aromatic rings. The van der Waals surface area contributed by atoms with Crippen LogP contribution in [0.3, 0.4) is 0 Å². The normalized spacial score (nSPS) is 12.9. The van der Waals surface area contributed by atoms with Gasteiger partial charge in [-0.1, -0.05) is 49.5 Å². The van der Waals surface area contributed by atoms with Gasteiger partial charge in [0.2, 0.25) is 0 Å². The first-order valence-electron chi connectivity index (χ1n) is 6.12. The average molecular weight is 224 g/mol. The van der Waals surface area contributed by atoms with Gasteiger partial charge in [0.1, 0.15) is 0 Å². The molecule has 0 aromatic heterocycles. The lowest BCUT2D eigenvalue weighted by Crippen LogP contribution is -1.94. The van der Waals surface area contributed by atoms with E-state index in [1.807, 2.05) is 19.9 Å². The van der Waals surface area contributed by atoms with Gasteiger partial charge in [-0.2, -0.15) is 0 Å². The van der Waals surface area contributed by atoms with Crippen molar-refractivity contribution in [2.24, 2.45) is 0 Å². The molecule has 0 rings (SSSR count). The number of rotatable bonds is 8. The highest BCUT2D eigenvalue weighted by Crippen LogP contribution is 2.09. The Morgan fingerprint density at radius 2 is 1.88 bits per heavy atom. The molecule has 0 aromatic carbocycles. The quantitative estimate of drug-likeness (QED) is 0.492. The van der Waals surface area contributed by atoms with Crippen LogP contribution in [0, 0.1) is 0 Å². The predicted octanol–water partition coefficient (Wildman–Crippen LogP) is 4.32. The maximum Gasteiger partial charge on any atom is 0.307 e. The smallest absolute Gasteiger partial charge is 0.307 e. The van der Waals surface area contributed by atoms with E-state index < -0.39 is 5.97 Å². The van der Waals surface area contributed by atoms with Crippen molar-refractivity contribution >= 4 is 5.97 Å². The summed E-state index contributed by atoms with van der Waals surface area (Å²) in [5.41, 5.74) is 2.09. The van der Waals surface area contributed by atoms with E-state index in [2.05, 4.69) is 13.0 Å². The minimum Gasteiger partial charge on any atom is -0.481 e. The van der Waals surface area contributed by atoms with Crippen LogP contribution in [0.2, 0.25) is 0 Å². The van der Waals surface area contributed by atoms with Gasteiger partial charge in [0.25, 0.3) is 0 Å². The van der Waals surface area contributed by atoms with Gasteiger partial charge < -0.3 is 5.11 Å². The summed E-state index contributed by atoms with van der Waals surface area (Å²) in [5.74, 6) is -0.760. The van der Waals surface area contributed by atoms with Crippen LogP contribution in [0.4, 0.5) is 0 Å². The summed E-state index contributed by atoms with van der Waals surface area (Å²) in [4.78, 5) is 10.5. The van der Waals surface area contributed by atoms with Gasteiger partial charge in [0, 0.05) is 0 Å². The molecule has 0 radical (unpaired) electrons. The third-order valence-electron chi connectivity index (χ3n) is 2.43. The Labute approximate surface area is 99.1 Å². The van der Waals surface area contributed by atoms with Crippen molar-refractivity contribution in [3.63, 3.8) is 0 Å². The second-order valence-corrected chi connectivity index (χ2v) is 4.36. The number of aliphatic carboxylic acids is 1. The van der Waals surface area contributed by atoms with E-state index in [9.17, 15) is 4.79 Å². The van der Waals surface area contributed by atoms with E-state index in [0.29, 0.717) is 0 Å². The third-order valence-corrected chi connectivity index (χ3v) is 2.43. The minimum absolute atomic E-state index is 0.140. The fourth-order valence-electron chi connectivity index (χ4n) is 1.64. The highest BCUT2D eigenvalue weighted by Gasteiger charge is 1.97. The standard InChI is InChI=1S/C14H24O2/c1-4-5-6-7-8-9-12(2)10-13(3)11-14(15)16/h9-10H,4-8,11H2,1-3H3,(H,15,16)/b12-9+,13-10-. The number of carbonyl (C=O) groups is 1. The topological polar surface area (TPSA) is 37.3 Å². The Morgan fingerprint density at radius 3 is 2.44 bits per heavy atom. The van der Waals surface area contributed by atoms with Crippen LogP contribution < -0.4 is 0 Å². The Balaban J connectivity index is 3.89. The fourth-order valence-corrected chi connectivity index (χ4v) is 1.64. The van der Waals surface area contributed by atoms with Crippen LogP contribution in [0.15, 0.2) is 23.3 Å². The SMILES string of the molecule is CCCCCC/C=C(C)/C=C(/C)CC(=O)O. The van der Waals surface area contributed by atoms with E-state index in [4.69, 9.17) is 5.11 Å². The van der Waals surface area contributed by atoms with Crippen LogP contribution in [-0.2, 0) is 4.79 Å². The van der Waals surface area contributed by atoms with Crippen molar-refractivity contribution in [2.75, 3.05) is 0 Å². The summed E-state index contributed by atoms with van der Waals surface area (Å²) < 4.78 is 0. The number of unbranched alkanes of at least 4 members (excludes halogenated alkanes) is 4. The van der Waals surface area contributed by atoms with Crippen LogP contribution in [0.25, 0.3) is 0 Å². The van der Waals surface area contributed by atoms with E-state index in [1.54, 1.807) is 0 Å². The largest absolute Gasteiger partial charge is 0.481 e. The zero-order valence-corrected chi connectivity index (χ0v) is 10.8. The molecule has 0 unspecified atom stereocenters. The van der Waals surface area contributed by atoms with Gasteiger partial charge in [-0.15, -0.1) is 0 Å². The first kappa shape index (κ1) is 14.9. The van der Waals surface area contributed by atoms with E-state index in [-0.39, 0.29) is 6.42 Å². The summed E-state index contributed by atoms with van der Waals surface area (Å²) in [6.07, 6.45) is 10.5. The molecular formula is C14H24O2. The maximum absolute atomic E-state index is 10.5. The molecule has 2 heteroatoms. The molecule has 2 nitrogen and oxygen atoms in total. The fraction of sp³-hybridized carbons (Fsp3) is 0.643. The number of hydrogen-bond acceptors (Lipinski definition) is 1. The maximum atomic E-state index is 10.5. The van der Waals surface area contributed by atoms with Crippen molar-refractivity contribution in [3.05, 3.63) is 23.3 Å². The molecule has 0 spiro atoms. The number of allylic oxidation sites excluding steroid dienone is 3. The van der Waals surface area contributed by atoms with Gasteiger partial charge in [0.05, 0.1) is 6.42 Å². The molecule has 0 fully saturated rings. The number of carboxylic acid groups (broad SMARTS) is 1. The van der Waals surface area contributed by atoms with Crippen molar-refractivity contribution in [1.29, 1.82) is 0 Å². The zero-order valence-electron chi connectivity index (χ0n) is 10.8. The zero-order chi connectivity index (χ0) is 12.4. The summed E-state index contributed by atoms with van der Waals surface area (Å²) in [6.45, 7) is 6.10. The molecule has 16 heavy (non-hydrogen) atoms. The van der Waals surface area contributed by atoms with E-state index in [1.165, 1.54) is 31.3 Å². The summed E-state index contributed by atoms with van der Waals surface area (Å²) in [7, 11) is 0. The monoisotopic (exact) mass is 224 g/mol. The van der Waals surface area contributed by atoms with E-state index in [0.717, 1.165) is 12.0 Å². The molecule has 0 bridgehead atoms. The Bertz CT molecular complexity index is 262. The van der Waals surface area contributed by atoms with Crippen LogP contribution in [-0.4, -0.2) is 11.1 Å². The van der Waals surface area contributed by atoms with Gasteiger partial charge in [-0.05, 0) is 26.7 Å². The van der Waals surface area contributed by atoms with Crippen molar-refractivity contribution in [2.45, 2.75) is 59.3 Å². The summed E-state index contributed by atoms with van der Waals surface area (Å²) in [6, 6.07) is 0. The lowest BCUT2D eigenvalue weighted by molar-refractivity contribution is -0.136. The van der Waals surface area contributed by atoms with Gasteiger partial charge in [-0.25, -0.2) is 0 Å². The summed E-state index contributed by atoms with van der Waals surface area (Å²) >= 11 is 0.